The fourth-order valence-electron chi connectivity index (χ4n) is 1.69. The van der Waals surface area contributed by atoms with Crippen molar-refractivity contribution in [1.82, 2.24) is 14.9 Å². The van der Waals surface area contributed by atoms with E-state index in [9.17, 15) is 0 Å². The third-order valence-electron chi connectivity index (χ3n) is 2.67. The first-order chi connectivity index (χ1) is 10.1. The number of H-pyrrole nitrogens is 1. The molecule has 0 spiro atoms. The average molecular weight is 355 g/mol. The minimum absolute atomic E-state index is 0.416. The Kier molecular flexibility index (Phi) is 4.21. The molecule has 8 heteroatoms. The lowest BCUT2D eigenvalue weighted by molar-refractivity contribution is 0.873. The summed E-state index contributed by atoms with van der Waals surface area (Å²) in [5.41, 5.74) is 0.751. The Morgan fingerprint density at radius 2 is 2.19 bits per heavy atom. The average Bonchev–Trinajstić information content (AvgIpc) is 3.08. The van der Waals surface area contributed by atoms with E-state index in [0.29, 0.717) is 20.6 Å². The molecule has 0 bridgehead atoms. The molecule has 0 fully saturated rings. The molecule has 3 aromatic rings. The van der Waals surface area contributed by atoms with Crippen LogP contribution in [-0.2, 0) is 0 Å². The molecule has 0 aliphatic carbocycles. The van der Waals surface area contributed by atoms with Crippen molar-refractivity contribution in [1.29, 1.82) is 0 Å². The van der Waals surface area contributed by atoms with E-state index in [-0.39, 0.29) is 0 Å². The van der Waals surface area contributed by atoms with Gasteiger partial charge in [-0.1, -0.05) is 35.3 Å². The van der Waals surface area contributed by atoms with E-state index in [1.165, 1.54) is 0 Å². The summed E-state index contributed by atoms with van der Waals surface area (Å²) in [5.74, 6) is 0.663. The Hall–Kier alpha value is -1.47. The number of thiophene rings is 1. The van der Waals surface area contributed by atoms with Gasteiger partial charge in [-0.2, -0.15) is 14.9 Å². The van der Waals surface area contributed by atoms with Crippen molar-refractivity contribution < 1.29 is 0 Å². The standard InChI is InChI=1S/C13H8Cl2N4S2/c14-9-4-3-8(10(15)6-9)7-16-19-12(17-18-13(19)20)11-2-1-5-21-11/h1-7H,(H,18,20)/b16-7+. The maximum absolute atomic E-state index is 6.12. The lowest BCUT2D eigenvalue weighted by atomic mass is 10.2. The van der Waals surface area contributed by atoms with Gasteiger partial charge in [0.2, 0.25) is 4.77 Å². The van der Waals surface area contributed by atoms with E-state index in [4.69, 9.17) is 35.4 Å². The van der Waals surface area contributed by atoms with Gasteiger partial charge in [0, 0.05) is 10.6 Å². The minimum Gasteiger partial charge on any atom is -0.250 e. The molecule has 2 heterocycles. The van der Waals surface area contributed by atoms with E-state index in [1.807, 2.05) is 17.5 Å². The van der Waals surface area contributed by atoms with E-state index in [1.54, 1.807) is 40.4 Å². The molecule has 0 unspecified atom stereocenters. The first-order valence-electron chi connectivity index (χ1n) is 5.86. The molecule has 106 valence electrons. The highest BCUT2D eigenvalue weighted by molar-refractivity contribution is 7.71. The number of rotatable bonds is 3. The molecule has 4 nitrogen and oxygen atoms in total. The zero-order chi connectivity index (χ0) is 14.8. The molecule has 2 aromatic heterocycles. The molecule has 0 atom stereocenters. The van der Waals surface area contributed by atoms with Crippen molar-refractivity contribution >= 4 is 53.0 Å². The molecule has 0 radical (unpaired) electrons. The van der Waals surface area contributed by atoms with Gasteiger partial charge in [-0.05, 0) is 35.8 Å². The summed E-state index contributed by atoms with van der Waals surface area (Å²) in [6.07, 6.45) is 1.63. The van der Waals surface area contributed by atoms with Gasteiger partial charge in [0.15, 0.2) is 5.82 Å². The van der Waals surface area contributed by atoms with Crippen LogP contribution >= 0.6 is 46.8 Å². The van der Waals surface area contributed by atoms with E-state index < -0.39 is 0 Å². The second-order valence-corrected chi connectivity index (χ2v) is 6.23. The number of nitrogens with one attached hydrogen (secondary N) is 1. The molecule has 3 rings (SSSR count). The van der Waals surface area contributed by atoms with Gasteiger partial charge in [-0.15, -0.1) is 11.3 Å². The molecule has 1 N–H and O–H groups in total. The Balaban J connectivity index is 2.00. The van der Waals surface area contributed by atoms with Crippen molar-refractivity contribution in [2.24, 2.45) is 5.10 Å². The monoisotopic (exact) mass is 354 g/mol. The highest BCUT2D eigenvalue weighted by Gasteiger charge is 2.08. The minimum atomic E-state index is 0.416. The number of halogens is 2. The summed E-state index contributed by atoms with van der Waals surface area (Å²) in [6.45, 7) is 0. The number of aromatic nitrogens is 3. The third kappa shape index (κ3) is 3.08. The fourth-order valence-corrected chi connectivity index (χ4v) is 3.03. The van der Waals surface area contributed by atoms with Crippen LogP contribution in [0.2, 0.25) is 10.0 Å². The molecule has 21 heavy (non-hydrogen) atoms. The number of hydrogen-bond acceptors (Lipinski definition) is 4. The van der Waals surface area contributed by atoms with Crippen LogP contribution in [0.4, 0.5) is 0 Å². The van der Waals surface area contributed by atoms with Gasteiger partial charge in [-0.3, -0.25) is 0 Å². The summed E-state index contributed by atoms with van der Waals surface area (Å²) in [7, 11) is 0. The summed E-state index contributed by atoms with van der Waals surface area (Å²) < 4.78 is 1.98. The highest BCUT2D eigenvalue weighted by atomic mass is 35.5. The smallest absolute Gasteiger partial charge is 0.216 e. The van der Waals surface area contributed by atoms with Gasteiger partial charge in [0.25, 0.3) is 0 Å². The molecule has 1 aromatic carbocycles. The van der Waals surface area contributed by atoms with E-state index in [2.05, 4.69) is 15.3 Å². The lowest BCUT2D eigenvalue weighted by Gasteiger charge is -2.00. The number of nitrogens with zero attached hydrogens (tertiary/aromatic N) is 3. The van der Waals surface area contributed by atoms with Crippen LogP contribution in [0, 0.1) is 4.77 Å². The maximum atomic E-state index is 6.12. The maximum Gasteiger partial charge on any atom is 0.216 e. The molecular formula is C13H8Cl2N4S2. The molecule has 0 aliphatic rings. The van der Waals surface area contributed by atoms with Crippen LogP contribution in [0.15, 0.2) is 40.8 Å². The van der Waals surface area contributed by atoms with E-state index in [0.717, 1.165) is 10.4 Å². The summed E-state index contributed by atoms with van der Waals surface area (Å²) in [5, 5.41) is 14.4. The first kappa shape index (κ1) is 14.5. The number of aromatic amines is 1. The van der Waals surface area contributed by atoms with Crippen LogP contribution in [0.1, 0.15) is 5.56 Å². The predicted molar refractivity (Wildman–Crippen MR) is 90.2 cm³/mol. The fraction of sp³-hybridized carbons (Fsp3) is 0. The Morgan fingerprint density at radius 3 is 2.90 bits per heavy atom. The largest absolute Gasteiger partial charge is 0.250 e. The van der Waals surface area contributed by atoms with Crippen LogP contribution in [0.5, 0.6) is 0 Å². The molecular weight excluding hydrogens is 347 g/mol. The second kappa shape index (κ2) is 6.11. The van der Waals surface area contributed by atoms with Crippen molar-refractivity contribution in [2.45, 2.75) is 0 Å². The van der Waals surface area contributed by atoms with Crippen molar-refractivity contribution in [3.05, 3.63) is 56.1 Å². The van der Waals surface area contributed by atoms with Crippen LogP contribution in [0.3, 0.4) is 0 Å². The lowest BCUT2D eigenvalue weighted by Crippen LogP contribution is -1.94. The molecule has 0 amide bonds. The van der Waals surface area contributed by atoms with Gasteiger partial charge < -0.3 is 0 Å². The quantitative estimate of drug-likeness (QED) is 0.539. The Bertz CT molecular complexity index is 849. The van der Waals surface area contributed by atoms with Crippen molar-refractivity contribution in [3.8, 4) is 10.7 Å². The SMILES string of the molecule is S=c1[nH]nc(-c2cccs2)n1/N=C/c1ccc(Cl)cc1Cl. The third-order valence-corrected chi connectivity index (χ3v) is 4.36. The van der Waals surface area contributed by atoms with Crippen LogP contribution in [-0.4, -0.2) is 21.1 Å². The van der Waals surface area contributed by atoms with Crippen molar-refractivity contribution in [2.75, 3.05) is 0 Å². The van der Waals surface area contributed by atoms with Crippen molar-refractivity contribution in [3.63, 3.8) is 0 Å². The topological polar surface area (TPSA) is 46.0 Å². The zero-order valence-electron chi connectivity index (χ0n) is 10.5. The summed E-state index contributed by atoms with van der Waals surface area (Å²) in [4.78, 5) is 0.974. The number of benzene rings is 1. The molecule has 0 saturated heterocycles. The van der Waals surface area contributed by atoms with Gasteiger partial charge in [0.05, 0.1) is 16.1 Å². The highest BCUT2D eigenvalue weighted by Crippen LogP contribution is 2.23. The summed E-state index contributed by atoms with van der Waals surface area (Å²) >= 11 is 18.7. The van der Waals surface area contributed by atoms with Gasteiger partial charge in [0.1, 0.15) is 0 Å². The molecule has 0 saturated carbocycles. The number of hydrogen-bond donors (Lipinski definition) is 1. The zero-order valence-corrected chi connectivity index (χ0v) is 13.6. The van der Waals surface area contributed by atoms with Gasteiger partial charge in [-0.25, -0.2) is 5.10 Å². The predicted octanol–water partition coefficient (Wildman–Crippen LogP) is 4.86. The second-order valence-electron chi connectivity index (χ2n) is 4.05. The molecule has 0 aliphatic heterocycles. The normalized spacial score (nSPS) is 11.3. The van der Waals surface area contributed by atoms with Gasteiger partial charge >= 0.3 is 0 Å². The van der Waals surface area contributed by atoms with Crippen LogP contribution < -0.4 is 0 Å². The summed E-state index contributed by atoms with van der Waals surface area (Å²) in [6, 6.07) is 9.12. The van der Waals surface area contributed by atoms with Crippen LogP contribution in [0.25, 0.3) is 10.7 Å². The first-order valence-corrected chi connectivity index (χ1v) is 7.90. The van der Waals surface area contributed by atoms with E-state index >= 15 is 0 Å². The Morgan fingerprint density at radius 1 is 1.33 bits per heavy atom. The Labute approximate surface area is 139 Å².